The fraction of sp³-hybridized carbons (Fsp3) is 0.627. The molecule has 3 unspecified atom stereocenters. The van der Waals surface area contributed by atoms with Crippen molar-refractivity contribution in [1.82, 2.24) is 5.32 Å². The van der Waals surface area contributed by atoms with E-state index in [1.807, 2.05) is 33.3 Å². The molecule has 482 valence electrons. The largest absolute Gasteiger partial charge is 0.472 e. The molecule has 0 fully saturated rings. The number of nitrogens with one attached hydrogen (secondary N) is 1. The summed E-state index contributed by atoms with van der Waals surface area (Å²) in [5.41, 5.74) is 0. The minimum atomic E-state index is -4.48. The normalized spacial score (nSPS) is 14.6. The van der Waals surface area contributed by atoms with E-state index in [-0.39, 0.29) is 31.5 Å². The molecule has 0 aromatic carbocycles. The molecule has 3 atom stereocenters. The van der Waals surface area contributed by atoms with Crippen LogP contribution in [0.25, 0.3) is 0 Å². The number of allylic oxidation sites excluding steroid dienone is 25. The Morgan fingerprint density at radius 2 is 0.753 bits per heavy atom. The first kappa shape index (κ1) is 80.6. The highest BCUT2D eigenvalue weighted by Gasteiger charge is 2.30. The van der Waals surface area contributed by atoms with Crippen molar-refractivity contribution in [2.45, 2.75) is 264 Å². The Morgan fingerprint density at radius 3 is 1.14 bits per heavy atom. The van der Waals surface area contributed by atoms with Crippen LogP contribution in [-0.2, 0) is 27.9 Å². The molecule has 1 amide bonds. The first-order valence-electron chi connectivity index (χ1n) is 33.8. The molecule has 0 aliphatic carbocycles. The number of rotatable bonds is 59. The number of phosphoric acid groups is 1. The van der Waals surface area contributed by atoms with Crippen molar-refractivity contribution in [2.75, 3.05) is 40.9 Å². The zero-order valence-electron chi connectivity index (χ0n) is 55.0. The Bertz CT molecular complexity index is 2010. The number of carbonyl (C=O) groups excluding carboxylic acids is 2. The third-order valence-corrected chi connectivity index (χ3v) is 14.9. The number of nitrogens with zero attached hydrogens (tertiary/aromatic N) is 1. The molecule has 2 N–H and O–H groups in total. The summed E-state index contributed by atoms with van der Waals surface area (Å²) in [6, 6.07) is -0.889. The smallest absolute Gasteiger partial charge is 0.456 e. The minimum Gasteiger partial charge on any atom is -0.456 e. The maximum Gasteiger partial charge on any atom is 0.472 e. The first-order chi connectivity index (χ1) is 41.4. The number of ether oxygens (including phenoxy) is 1. The third-order valence-electron chi connectivity index (χ3n) is 14.0. The predicted octanol–water partition coefficient (Wildman–Crippen LogP) is 21.6. The van der Waals surface area contributed by atoms with E-state index in [4.69, 9.17) is 13.8 Å². The molecule has 0 aliphatic heterocycles. The van der Waals surface area contributed by atoms with Crippen LogP contribution in [0.3, 0.4) is 0 Å². The molecule has 9 nitrogen and oxygen atoms in total. The summed E-state index contributed by atoms with van der Waals surface area (Å²) in [6.07, 6.45) is 92.5. The monoisotopic (exact) mass is 1200 g/mol. The molecule has 0 saturated heterocycles. The summed E-state index contributed by atoms with van der Waals surface area (Å²) >= 11 is 0. The van der Waals surface area contributed by atoms with Crippen molar-refractivity contribution < 1.29 is 37.3 Å². The highest BCUT2D eigenvalue weighted by atomic mass is 31.2. The molecule has 0 rings (SSSR count). The van der Waals surface area contributed by atoms with Crippen LogP contribution in [0.5, 0.6) is 0 Å². The van der Waals surface area contributed by atoms with Gasteiger partial charge in [0.2, 0.25) is 5.91 Å². The number of esters is 1. The van der Waals surface area contributed by atoms with Crippen LogP contribution in [0.15, 0.2) is 158 Å². The van der Waals surface area contributed by atoms with Crippen molar-refractivity contribution in [2.24, 2.45) is 0 Å². The summed E-state index contributed by atoms with van der Waals surface area (Å²) < 4.78 is 30.7. The van der Waals surface area contributed by atoms with Gasteiger partial charge in [0.05, 0.1) is 33.8 Å². The molecule has 0 saturated carbocycles. The maximum absolute atomic E-state index is 13.6. The summed E-state index contributed by atoms with van der Waals surface area (Å²) in [4.78, 5) is 37.9. The van der Waals surface area contributed by atoms with Gasteiger partial charge in [-0.3, -0.25) is 18.6 Å². The van der Waals surface area contributed by atoms with Gasteiger partial charge < -0.3 is 19.4 Å². The number of amides is 1. The van der Waals surface area contributed by atoms with Crippen LogP contribution in [-0.4, -0.2) is 74.3 Å². The van der Waals surface area contributed by atoms with Gasteiger partial charge in [-0.1, -0.05) is 263 Å². The zero-order chi connectivity index (χ0) is 62.1. The molecule has 0 spiro atoms. The van der Waals surface area contributed by atoms with Crippen LogP contribution < -0.4 is 5.32 Å². The van der Waals surface area contributed by atoms with Crippen LogP contribution in [0.4, 0.5) is 0 Å². The fourth-order valence-corrected chi connectivity index (χ4v) is 9.56. The SMILES string of the molecule is CC/C=C\C/C=C\C/C=C\C/C=C\C/C=C\C/C=C\CCCCCCCCC(=O)NC(COP(=O)(O)OCC[N+](C)(C)C)C(/C=C\CCCCCCCCCCCCC)OC(=O)CCCC/C=C\C/C=C\C/C=C\C/C=C\C/C=C\C/C=C\CC. The van der Waals surface area contributed by atoms with E-state index < -0.39 is 20.0 Å². The second-order valence-electron chi connectivity index (χ2n) is 23.2. The number of phosphoric ester groups is 1. The Labute approximate surface area is 522 Å². The van der Waals surface area contributed by atoms with Gasteiger partial charge in [-0.25, -0.2) is 4.57 Å². The predicted molar refractivity (Wildman–Crippen MR) is 368 cm³/mol. The molecule has 0 radical (unpaired) electrons. The van der Waals surface area contributed by atoms with Crippen molar-refractivity contribution in [3.05, 3.63) is 158 Å². The Hall–Kier alpha value is -4.37. The third kappa shape index (κ3) is 63.9. The van der Waals surface area contributed by atoms with E-state index >= 15 is 0 Å². The van der Waals surface area contributed by atoms with Gasteiger partial charge in [0.25, 0.3) is 0 Å². The highest BCUT2D eigenvalue weighted by Crippen LogP contribution is 2.43. The maximum atomic E-state index is 13.6. The molecule has 0 aromatic rings. The fourth-order valence-electron chi connectivity index (χ4n) is 8.83. The number of carbonyl (C=O) groups is 2. The van der Waals surface area contributed by atoms with Crippen molar-refractivity contribution >= 4 is 19.7 Å². The van der Waals surface area contributed by atoms with Crippen LogP contribution >= 0.6 is 7.82 Å². The van der Waals surface area contributed by atoms with Gasteiger partial charge in [0.15, 0.2) is 0 Å². The number of quaternary nitrogens is 1. The van der Waals surface area contributed by atoms with Gasteiger partial charge in [-0.2, -0.15) is 0 Å². The second kappa shape index (κ2) is 62.7. The lowest BCUT2D eigenvalue weighted by atomic mass is 10.0. The van der Waals surface area contributed by atoms with Gasteiger partial charge in [-0.15, -0.1) is 0 Å². The average molecular weight is 1200 g/mol. The second-order valence-corrected chi connectivity index (χ2v) is 24.7. The van der Waals surface area contributed by atoms with E-state index in [9.17, 15) is 19.0 Å². The molecule has 85 heavy (non-hydrogen) atoms. The van der Waals surface area contributed by atoms with Gasteiger partial charge in [0.1, 0.15) is 19.3 Å². The summed E-state index contributed by atoms with van der Waals surface area (Å²) in [5.74, 6) is -0.584. The molecular weight excluding hydrogens is 1070 g/mol. The van der Waals surface area contributed by atoms with E-state index in [2.05, 4.69) is 172 Å². The van der Waals surface area contributed by atoms with E-state index in [0.29, 0.717) is 23.9 Å². The molecule has 0 aliphatic rings. The van der Waals surface area contributed by atoms with Crippen LogP contribution in [0.2, 0.25) is 0 Å². The molecule has 0 aromatic heterocycles. The Morgan fingerprint density at radius 1 is 0.424 bits per heavy atom. The van der Waals surface area contributed by atoms with Crippen LogP contribution in [0, 0.1) is 0 Å². The lowest BCUT2D eigenvalue weighted by Gasteiger charge is -2.27. The lowest BCUT2D eigenvalue weighted by molar-refractivity contribution is -0.870. The number of hydrogen-bond acceptors (Lipinski definition) is 6. The average Bonchev–Trinajstić information content (AvgIpc) is 3.64. The standard InChI is InChI=1S/C75H125N2O7P/c1-7-10-13-16-19-22-25-28-30-32-34-36-37-38-39-41-42-44-46-49-52-55-58-61-64-67-74(78)76-72(71-83-85(80,81)82-70-69-77(4,5)6)73(66-63-60-57-54-51-48-27-24-21-18-15-12-9-3)84-75(79)68-65-62-59-56-53-50-47-45-43-40-35-33-31-29-26-23-20-17-14-11-8-2/h10-11,13-14,19-20,22-23,28-31,34-36,38-40,42,44-45,47,53,56,63,66,72-73H,7-9,12,15-18,21,24-27,32-33,37,41,43,46,48-52,54-55,57-62,64-65,67-71H2,1-6H3,(H-,76,78,80,81)/p+1/b13-10-,14-11-,22-19-,23-20-,30-28-,31-29-,36-34-,39-38-,40-35-,44-42-,47-45-,56-53-,66-63-. The topological polar surface area (TPSA) is 111 Å². The summed E-state index contributed by atoms with van der Waals surface area (Å²) in [6.45, 7) is 6.73. The molecule has 10 heteroatoms. The Kier molecular flexibility index (Phi) is 59.5. The quantitative estimate of drug-likeness (QED) is 0.0205. The number of unbranched alkanes of at least 4 members (excludes halogenated alkanes) is 19. The van der Waals surface area contributed by atoms with Gasteiger partial charge in [0, 0.05) is 12.8 Å². The summed E-state index contributed by atoms with van der Waals surface area (Å²) in [7, 11) is 1.44. The van der Waals surface area contributed by atoms with E-state index in [0.717, 1.165) is 154 Å². The number of likely N-dealkylation sites (N-methyl/N-ethyl adjacent to an activating group) is 1. The molecule has 0 bridgehead atoms. The van der Waals surface area contributed by atoms with Crippen molar-refractivity contribution in [1.29, 1.82) is 0 Å². The first-order valence-corrected chi connectivity index (χ1v) is 35.3. The lowest BCUT2D eigenvalue weighted by Crippen LogP contribution is -2.47. The zero-order valence-corrected chi connectivity index (χ0v) is 55.9. The van der Waals surface area contributed by atoms with Gasteiger partial charge in [-0.05, 0) is 134 Å². The van der Waals surface area contributed by atoms with E-state index in [1.165, 1.54) is 57.8 Å². The van der Waals surface area contributed by atoms with Gasteiger partial charge >= 0.3 is 13.8 Å². The van der Waals surface area contributed by atoms with E-state index in [1.54, 1.807) is 0 Å². The minimum absolute atomic E-state index is 0.0205. The van der Waals surface area contributed by atoms with Crippen molar-refractivity contribution in [3.63, 3.8) is 0 Å². The molecular formula is C75H126N2O7P+. The Balaban J connectivity index is 5.31. The molecule has 0 heterocycles. The summed E-state index contributed by atoms with van der Waals surface area (Å²) in [5, 5.41) is 3.04. The van der Waals surface area contributed by atoms with Crippen molar-refractivity contribution in [3.8, 4) is 0 Å². The highest BCUT2D eigenvalue weighted by molar-refractivity contribution is 7.47. The van der Waals surface area contributed by atoms with Crippen LogP contribution in [0.1, 0.15) is 252 Å². The number of hydrogen-bond donors (Lipinski definition) is 2.